The van der Waals surface area contributed by atoms with Crippen molar-refractivity contribution in [1.29, 1.82) is 0 Å². The van der Waals surface area contributed by atoms with E-state index in [0.717, 1.165) is 25.9 Å². The van der Waals surface area contributed by atoms with Gasteiger partial charge in [0.15, 0.2) is 5.82 Å². The Morgan fingerprint density at radius 1 is 1.56 bits per heavy atom. The first-order valence-electron chi connectivity index (χ1n) is 5.93. The zero-order valence-corrected chi connectivity index (χ0v) is 10.7. The minimum absolute atomic E-state index is 0.0433. The maximum absolute atomic E-state index is 11.4. The van der Waals surface area contributed by atoms with Crippen molar-refractivity contribution in [3.8, 4) is 0 Å². The molecule has 0 aliphatic carbocycles. The molecule has 1 saturated heterocycles. The van der Waals surface area contributed by atoms with Crippen molar-refractivity contribution in [1.82, 2.24) is 9.97 Å². The number of rotatable bonds is 4. The average Bonchev–Trinajstić information content (AvgIpc) is 2.40. The van der Waals surface area contributed by atoms with E-state index < -0.39 is 0 Å². The Balaban J connectivity index is 1.97. The van der Waals surface area contributed by atoms with E-state index in [1.165, 1.54) is 6.33 Å². The number of aliphatic hydroxyl groups excluding tert-OH is 1. The number of nitrogens with one attached hydrogen (secondary N) is 1. The molecule has 1 aliphatic heterocycles. The van der Waals surface area contributed by atoms with Crippen LogP contribution in [0.1, 0.15) is 12.8 Å². The summed E-state index contributed by atoms with van der Waals surface area (Å²) in [6.45, 7) is 1.90. The third kappa shape index (κ3) is 3.01. The average molecular weight is 274 g/mol. The fourth-order valence-corrected chi connectivity index (χ4v) is 2.27. The van der Waals surface area contributed by atoms with E-state index in [9.17, 15) is 4.79 Å². The quantitative estimate of drug-likeness (QED) is 0.830. The van der Waals surface area contributed by atoms with Gasteiger partial charge in [-0.15, -0.1) is 0 Å². The van der Waals surface area contributed by atoms with Crippen molar-refractivity contribution < 1.29 is 9.84 Å². The van der Waals surface area contributed by atoms with Gasteiger partial charge < -0.3 is 19.7 Å². The van der Waals surface area contributed by atoms with Crippen molar-refractivity contribution in [2.75, 3.05) is 31.2 Å². The van der Waals surface area contributed by atoms with Crippen LogP contribution in [-0.2, 0) is 4.74 Å². The van der Waals surface area contributed by atoms with Gasteiger partial charge in [0.05, 0.1) is 25.6 Å². The lowest BCUT2D eigenvalue weighted by Gasteiger charge is -2.32. The number of piperidine rings is 1. The van der Waals surface area contributed by atoms with Gasteiger partial charge in [-0.3, -0.25) is 4.79 Å². The Kier molecular flexibility index (Phi) is 4.57. The summed E-state index contributed by atoms with van der Waals surface area (Å²) in [6, 6.07) is 0. The molecule has 2 rings (SSSR count). The number of nitrogens with zero attached hydrogens (tertiary/aromatic N) is 2. The van der Waals surface area contributed by atoms with Crippen LogP contribution in [0.15, 0.2) is 11.1 Å². The second kappa shape index (κ2) is 6.17. The Labute approximate surface area is 110 Å². The number of hydrogen-bond donors (Lipinski definition) is 2. The van der Waals surface area contributed by atoms with E-state index in [1.54, 1.807) is 0 Å². The van der Waals surface area contributed by atoms with Gasteiger partial charge in [0.25, 0.3) is 5.56 Å². The number of H-pyrrole nitrogens is 1. The van der Waals surface area contributed by atoms with Gasteiger partial charge in [-0.05, 0) is 12.8 Å². The maximum atomic E-state index is 11.4. The summed E-state index contributed by atoms with van der Waals surface area (Å²) in [5, 5.41) is 8.82. The number of ether oxygens (including phenoxy) is 1. The molecular weight excluding hydrogens is 258 g/mol. The van der Waals surface area contributed by atoms with Crippen LogP contribution >= 0.6 is 11.6 Å². The van der Waals surface area contributed by atoms with Crippen molar-refractivity contribution in [2.24, 2.45) is 0 Å². The molecule has 2 N–H and O–H groups in total. The third-order valence-corrected chi connectivity index (χ3v) is 3.31. The number of hydrogen-bond acceptors (Lipinski definition) is 5. The van der Waals surface area contributed by atoms with E-state index in [1.807, 2.05) is 4.90 Å². The highest BCUT2D eigenvalue weighted by Crippen LogP contribution is 2.23. The van der Waals surface area contributed by atoms with E-state index in [0.29, 0.717) is 12.4 Å². The summed E-state index contributed by atoms with van der Waals surface area (Å²) < 4.78 is 5.47. The lowest BCUT2D eigenvalue weighted by atomic mass is 10.1. The first-order valence-corrected chi connectivity index (χ1v) is 6.30. The van der Waals surface area contributed by atoms with Crippen LogP contribution in [0.2, 0.25) is 5.02 Å². The smallest absolute Gasteiger partial charge is 0.271 e. The minimum Gasteiger partial charge on any atom is -0.394 e. The molecule has 0 aromatic carbocycles. The second-order valence-electron chi connectivity index (χ2n) is 4.15. The maximum Gasteiger partial charge on any atom is 0.271 e. The van der Waals surface area contributed by atoms with E-state index in [2.05, 4.69) is 9.97 Å². The SMILES string of the molecule is O=c1[nH]cnc(N2CCC(OCCO)CC2)c1Cl. The summed E-state index contributed by atoms with van der Waals surface area (Å²) in [6.07, 6.45) is 3.20. The molecule has 0 bridgehead atoms. The van der Waals surface area contributed by atoms with Crippen LogP contribution in [0.3, 0.4) is 0 Å². The van der Waals surface area contributed by atoms with Gasteiger partial charge >= 0.3 is 0 Å². The zero-order valence-electron chi connectivity index (χ0n) is 9.93. The molecule has 2 heterocycles. The number of aromatic amines is 1. The first-order chi connectivity index (χ1) is 8.72. The topological polar surface area (TPSA) is 78.5 Å². The van der Waals surface area contributed by atoms with Crippen LogP contribution in [0.25, 0.3) is 0 Å². The van der Waals surface area contributed by atoms with Gasteiger partial charge in [0.2, 0.25) is 0 Å². The summed E-state index contributed by atoms with van der Waals surface area (Å²) in [5.74, 6) is 0.529. The Morgan fingerprint density at radius 3 is 2.94 bits per heavy atom. The Bertz CT molecular complexity index is 443. The van der Waals surface area contributed by atoms with E-state index in [-0.39, 0.29) is 23.3 Å². The molecule has 1 fully saturated rings. The first kappa shape index (κ1) is 13.3. The molecule has 1 aromatic rings. The summed E-state index contributed by atoms with van der Waals surface area (Å²) in [5.41, 5.74) is -0.319. The predicted octanol–water partition coefficient (Wildman–Crippen LogP) is 0.401. The zero-order chi connectivity index (χ0) is 13.0. The van der Waals surface area contributed by atoms with Crippen LogP contribution in [-0.4, -0.2) is 47.5 Å². The standard InChI is InChI=1S/C11H16ClN3O3/c12-9-10(13-7-14-11(9)17)15-3-1-8(2-4-15)18-6-5-16/h7-8,16H,1-6H2,(H,13,14,17). The molecule has 0 radical (unpaired) electrons. The van der Waals surface area contributed by atoms with Gasteiger partial charge in [0, 0.05) is 13.1 Å². The fraction of sp³-hybridized carbons (Fsp3) is 0.636. The number of aliphatic hydroxyl groups is 1. The third-order valence-electron chi connectivity index (χ3n) is 2.96. The molecule has 0 atom stereocenters. The van der Waals surface area contributed by atoms with Crippen molar-refractivity contribution >= 4 is 17.4 Å². The molecule has 0 unspecified atom stereocenters. The molecule has 1 aliphatic rings. The molecule has 100 valence electrons. The van der Waals surface area contributed by atoms with E-state index in [4.69, 9.17) is 21.4 Å². The van der Waals surface area contributed by atoms with Gasteiger partial charge in [-0.25, -0.2) is 4.98 Å². The number of aromatic nitrogens is 2. The van der Waals surface area contributed by atoms with Gasteiger partial charge in [-0.1, -0.05) is 11.6 Å². The highest BCUT2D eigenvalue weighted by atomic mass is 35.5. The Morgan fingerprint density at radius 2 is 2.28 bits per heavy atom. The van der Waals surface area contributed by atoms with E-state index >= 15 is 0 Å². The second-order valence-corrected chi connectivity index (χ2v) is 4.53. The number of halogens is 1. The Hall–Kier alpha value is -1.11. The van der Waals surface area contributed by atoms with Crippen molar-refractivity contribution in [3.05, 3.63) is 21.7 Å². The normalized spacial score (nSPS) is 17.1. The molecule has 0 spiro atoms. The van der Waals surface area contributed by atoms with Crippen LogP contribution in [0.5, 0.6) is 0 Å². The molecule has 0 saturated carbocycles. The summed E-state index contributed by atoms with van der Waals surface area (Å²) in [4.78, 5) is 19.9. The molecule has 1 aromatic heterocycles. The summed E-state index contributed by atoms with van der Waals surface area (Å²) in [7, 11) is 0. The summed E-state index contributed by atoms with van der Waals surface area (Å²) >= 11 is 5.93. The van der Waals surface area contributed by atoms with Crippen LogP contribution < -0.4 is 10.5 Å². The lowest BCUT2D eigenvalue weighted by Crippen LogP contribution is -2.38. The van der Waals surface area contributed by atoms with Crippen molar-refractivity contribution in [3.63, 3.8) is 0 Å². The highest BCUT2D eigenvalue weighted by molar-refractivity contribution is 6.32. The predicted molar refractivity (Wildman–Crippen MR) is 68.1 cm³/mol. The largest absolute Gasteiger partial charge is 0.394 e. The minimum atomic E-state index is -0.319. The monoisotopic (exact) mass is 273 g/mol. The van der Waals surface area contributed by atoms with Crippen molar-refractivity contribution in [2.45, 2.75) is 18.9 Å². The number of anilines is 1. The van der Waals surface area contributed by atoms with Gasteiger partial charge in [-0.2, -0.15) is 0 Å². The highest BCUT2D eigenvalue weighted by Gasteiger charge is 2.22. The van der Waals surface area contributed by atoms with Crippen LogP contribution in [0, 0.1) is 0 Å². The molecule has 7 heteroatoms. The molecule has 18 heavy (non-hydrogen) atoms. The van der Waals surface area contributed by atoms with Crippen LogP contribution in [0.4, 0.5) is 5.82 Å². The lowest BCUT2D eigenvalue weighted by molar-refractivity contribution is 0.0158. The van der Waals surface area contributed by atoms with Gasteiger partial charge in [0.1, 0.15) is 5.02 Å². The fourth-order valence-electron chi connectivity index (χ4n) is 2.05. The molecular formula is C11H16ClN3O3. The molecule has 0 amide bonds. The molecule has 6 nitrogen and oxygen atoms in total.